The molecule has 0 amide bonds. The van der Waals surface area contributed by atoms with Crippen LogP contribution >= 0.6 is 0 Å². The Morgan fingerprint density at radius 2 is 0.957 bits per heavy atom. The van der Waals surface area contributed by atoms with Crippen LogP contribution in [-0.4, -0.2) is 0 Å². The minimum atomic E-state index is -0.129. The van der Waals surface area contributed by atoms with Crippen molar-refractivity contribution in [2.75, 3.05) is 0 Å². The van der Waals surface area contributed by atoms with Gasteiger partial charge >= 0.3 is 0 Å². The molecule has 3 rings (SSSR count). The molecule has 116 valence electrons. The first-order chi connectivity index (χ1) is 11.2. The summed E-state index contributed by atoms with van der Waals surface area (Å²) < 4.78 is 0. The van der Waals surface area contributed by atoms with Gasteiger partial charge in [0.25, 0.3) is 0 Å². The second kappa shape index (κ2) is 6.42. The number of hydrogen-bond acceptors (Lipinski definition) is 0. The van der Waals surface area contributed by atoms with E-state index in [0.29, 0.717) is 5.92 Å². The highest BCUT2D eigenvalue weighted by atomic mass is 14.4. The van der Waals surface area contributed by atoms with Crippen LogP contribution in [0.15, 0.2) is 84.9 Å². The molecule has 0 saturated heterocycles. The zero-order valence-corrected chi connectivity index (χ0v) is 14.2. The third-order valence-corrected chi connectivity index (χ3v) is 4.83. The average Bonchev–Trinajstić information content (AvgIpc) is 2.59. The van der Waals surface area contributed by atoms with Gasteiger partial charge in [0.15, 0.2) is 0 Å². The van der Waals surface area contributed by atoms with Gasteiger partial charge in [-0.15, -0.1) is 0 Å². The van der Waals surface area contributed by atoms with Crippen LogP contribution in [0, 0.1) is 12.8 Å². The van der Waals surface area contributed by atoms with Crippen LogP contribution in [-0.2, 0) is 5.41 Å². The first-order valence-electron chi connectivity index (χ1n) is 8.34. The summed E-state index contributed by atoms with van der Waals surface area (Å²) in [4.78, 5) is 0. The molecule has 0 aliphatic rings. The minimum Gasteiger partial charge on any atom is -0.0622 e. The van der Waals surface area contributed by atoms with Crippen LogP contribution < -0.4 is 0 Å². The molecule has 0 N–H and O–H groups in total. The van der Waals surface area contributed by atoms with E-state index >= 15 is 0 Å². The molecule has 3 aromatic carbocycles. The molecular formula is C23H24. The van der Waals surface area contributed by atoms with Gasteiger partial charge in [-0.2, -0.15) is 0 Å². The van der Waals surface area contributed by atoms with Gasteiger partial charge in [0.05, 0.1) is 0 Å². The largest absolute Gasteiger partial charge is 0.0622 e. The van der Waals surface area contributed by atoms with Gasteiger partial charge in [-0.25, -0.2) is 0 Å². The Kier molecular flexibility index (Phi) is 4.34. The standard InChI is InChI=1S/C23H24/c1-18(2)23(20-10-6-4-7-11-20,21-12-8-5-9-13-21)22-16-14-19(3)15-17-22/h4-18H,1-3H3. The highest BCUT2D eigenvalue weighted by Crippen LogP contribution is 2.45. The molecule has 0 spiro atoms. The molecule has 0 fully saturated rings. The number of aryl methyl sites for hydroxylation is 1. The first-order valence-corrected chi connectivity index (χ1v) is 8.34. The molecule has 0 bridgehead atoms. The van der Waals surface area contributed by atoms with Gasteiger partial charge in [0.2, 0.25) is 0 Å². The quantitative estimate of drug-likeness (QED) is 0.519. The topological polar surface area (TPSA) is 0 Å². The first kappa shape index (κ1) is 15.6. The molecule has 0 aliphatic carbocycles. The highest BCUT2D eigenvalue weighted by Gasteiger charge is 2.39. The summed E-state index contributed by atoms with van der Waals surface area (Å²) in [6, 6.07) is 30.8. The molecule has 0 atom stereocenters. The van der Waals surface area contributed by atoms with E-state index in [1.54, 1.807) is 0 Å². The lowest BCUT2D eigenvalue weighted by Crippen LogP contribution is -2.35. The Morgan fingerprint density at radius 1 is 0.565 bits per heavy atom. The Morgan fingerprint density at radius 3 is 1.35 bits per heavy atom. The second-order valence-electron chi connectivity index (χ2n) is 6.56. The average molecular weight is 300 g/mol. The lowest BCUT2D eigenvalue weighted by molar-refractivity contribution is 0.437. The van der Waals surface area contributed by atoms with Crippen LogP contribution in [0.5, 0.6) is 0 Å². The van der Waals surface area contributed by atoms with Gasteiger partial charge in [0.1, 0.15) is 0 Å². The molecule has 0 nitrogen and oxygen atoms in total. The van der Waals surface area contributed by atoms with E-state index in [0.717, 1.165) is 0 Å². The smallest absolute Gasteiger partial charge is 0.0474 e. The summed E-state index contributed by atoms with van der Waals surface area (Å²) in [5, 5.41) is 0. The molecule has 0 unspecified atom stereocenters. The summed E-state index contributed by atoms with van der Waals surface area (Å²) in [6.07, 6.45) is 0. The van der Waals surface area contributed by atoms with Gasteiger partial charge in [0, 0.05) is 5.41 Å². The Bertz CT molecular complexity index is 698. The van der Waals surface area contributed by atoms with Gasteiger partial charge in [-0.3, -0.25) is 0 Å². The van der Waals surface area contributed by atoms with E-state index in [1.165, 1.54) is 22.3 Å². The van der Waals surface area contributed by atoms with Crippen LogP contribution in [0.3, 0.4) is 0 Å². The maximum atomic E-state index is 2.32. The van der Waals surface area contributed by atoms with E-state index in [-0.39, 0.29) is 5.41 Å². The molecular weight excluding hydrogens is 276 g/mol. The zero-order valence-electron chi connectivity index (χ0n) is 14.2. The van der Waals surface area contributed by atoms with E-state index in [9.17, 15) is 0 Å². The zero-order chi connectivity index (χ0) is 16.3. The Labute approximate surface area is 139 Å². The summed E-state index contributed by atoms with van der Waals surface area (Å²) in [7, 11) is 0. The predicted octanol–water partition coefficient (Wildman–Crippen LogP) is 5.99. The monoisotopic (exact) mass is 300 g/mol. The molecule has 0 radical (unpaired) electrons. The predicted molar refractivity (Wildman–Crippen MR) is 98.8 cm³/mol. The fourth-order valence-electron chi connectivity index (χ4n) is 3.72. The summed E-state index contributed by atoms with van der Waals surface area (Å²) in [5.74, 6) is 0.440. The lowest BCUT2D eigenvalue weighted by atomic mass is 9.63. The molecule has 0 aromatic heterocycles. The summed E-state index contributed by atoms with van der Waals surface area (Å²) >= 11 is 0. The Balaban J connectivity index is 2.34. The van der Waals surface area contributed by atoms with E-state index in [4.69, 9.17) is 0 Å². The van der Waals surface area contributed by atoms with Crippen molar-refractivity contribution in [2.45, 2.75) is 26.2 Å². The van der Waals surface area contributed by atoms with Crippen molar-refractivity contribution in [2.24, 2.45) is 5.92 Å². The molecule has 0 saturated carbocycles. The van der Waals surface area contributed by atoms with E-state index in [1.807, 2.05) is 0 Å². The molecule has 0 aliphatic heterocycles. The molecule has 3 aromatic rings. The highest BCUT2D eigenvalue weighted by molar-refractivity contribution is 5.51. The van der Waals surface area contributed by atoms with Crippen molar-refractivity contribution in [3.63, 3.8) is 0 Å². The van der Waals surface area contributed by atoms with Gasteiger partial charge in [-0.1, -0.05) is 104 Å². The molecule has 0 heterocycles. The maximum absolute atomic E-state index is 2.32. The van der Waals surface area contributed by atoms with Crippen molar-refractivity contribution < 1.29 is 0 Å². The van der Waals surface area contributed by atoms with Crippen LogP contribution in [0.2, 0.25) is 0 Å². The van der Waals surface area contributed by atoms with Crippen molar-refractivity contribution in [3.05, 3.63) is 107 Å². The second-order valence-corrected chi connectivity index (χ2v) is 6.56. The molecule has 23 heavy (non-hydrogen) atoms. The summed E-state index contributed by atoms with van der Waals surface area (Å²) in [6.45, 7) is 6.78. The van der Waals surface area contributed by atoms with Gasteiger partial charge < -0.3 is 0 Å². The van der Waals surface area contributed by atoms with Crippen LogP contribution in [0.1, 0.15) is 36.1 Å². The SMILES string of the molecule is Cc1ccc(C(c2ccccc2)(c2ccccc2)C(C)C)cc1. The van der Waals surface area contributed by atoms with Crippen molar-refractivity contribution in [3.8, 4) is 0 Å². The number of benzene rings is 3. The minimum absolute atomic E-state index is 0.129. The fraction of sp³-hybridized carbons (Fsp3) is 0.217. The number of rotatable bonds is 4. The normalized spacial score (nSPS) is 11.7. The number of hydrogen-bond donors (Lipinski definition) is 0. The van der Waals surface area contributed by atoms with Crippen LogP contribution in [0.4, 0.5) is 0 Å². The van der Waals surface area contributed by atoms with E-state index < -0.39 is 0 Å². The maximum Gasteiger partial charge on any atom is 0.0474 e. The molecule has 0 heteroatoms. The Hall–Kier alpha value is -2.34. The lowest BCUT2D eigenvalue weighted by Gasteiger charge is -2.40. The third-order valence-electron chi connectivity index (χ3n) is 4.83. The van der Waals surface area contributed by atoms with Crippen LogP contribution in [0.25, 0.3) is 0 Å². The summed E-state index contributed by atoms with van der Waals surface area (Å²) in [5.41, 5.74) is 5.23. The van der Waals surface area contributed by atoms with Crippen molar-refractivity contribution in [1.29, 1.82) is 0 Å². The van der Waals surface area contributed by atoms with Crippen molar-refractivity contribution in [1.82, 2.24) is 0 Å². The van der Waals surface area contributed by atoms with E-state index in [2.05, 4.69) is 106 Å². The third kappa shape index (κ3) is 2.70. The van der Waals surface area contributed by atoms with Gasteiger partial charge in [-0.05, 0) is 29.5 Å². The fourth-order valence-corrected chi connectivity index (χ4v) is 3.72. The van der Waals surface area contributed by atoms with Crippen molar-refractivity contribution >= 4 is 0 Å².